The molecule has 1 unspecified atom stereocenters. The smallest absolute Gasteiger partial charge is 0.270 e. The van der Waals surface area contributed by atoms with E-state index in [0.717, 1.165) is 0 Å². The van der Waals surface area contributed by atoms with E-state index in [-0.39, 0.29) is 28.9 Å². The number of carbonyl (C=O) groups is 1. The van der Waals surface area contributed by atoms with Crippen molar-refractivity contribution < 1.29 is 9.72 Å². The van der Waals surface area contributed by atoms with Gasteiger partial charge in [0, 0.05) is 37.0 Å². The van der Waals surface area contributed by atoms with Crippen LogP contribution in [-0.2, 0) is 0 Å². The molecule has 0 aliphatic rings. The molecule has 116 valence electrons. The van der Waals surface area contributed by atoms with Crippen LogP contribution in [0, 0.1) is 10.1 Å². The summed E-state index contributed by atoms with van der Waals surface area (Å²) in [5, 5.41) is 10.8. The number of amides is 1. The van der Waals surface area contributed by atoms with Gasteiger partial charge in [0.2, 0.25) is 0 Å². The molecule has 1 amide bonds. The first kappa shape index (κ1) is 16.9. The van der Waals surface area contributed by atoms with Crippen molar-refractivity contribution in [3.8, 4) is 0 Å². The number of nitro benzene ring substituents is 1. The minimum atomic E-state index is -0.532. The van der Waals surface area contributed by atoms with Crippen LogP contribution in [0.2, 0.25) is 0 Å². The fraction of sp³-hybridized carbons (Fsp3) is 0.500. The lowest BCUT2D eigenvalue weighted by molar-refractivity contribution is -0.384. The largest absolute Gasteiger partial charge is 0.398 e. The number of nitro groups is 1. The highest BCUT2D eigenvalue weighted by atomic mass is 16.6. The molecule has 2 N–H and O–H groups in total. The van der Waals surface area contributed by atoms with Gasteiger partial charge in [-0.1, -0.05) is 0 Å². The van der Waals surface area contributed by atoms with E-state index < -0.39 is 4.92 Å². The molecular formula is C14H22N4O3. The Bertz CT molecular complexity index is 531. The van der Waals surface area contributed by atoms with Crippen molar-refractivity contribution in [1.82, 2.24) is 9.80 Å². The molecule has 21 heavy (non-hydrogen) atoms. The molecule has 1 aromatic carbocycles. The molecule has 0 spiro atoms. The lowest BCUT2D eigenvalue weighted by atomic mass is 10.1. The quantitative estimate of drug-likeness (QED) is 0.488. The van der Waals surface area contributed by atoms with Gasteiger partial charge in [0.25, 0.3) is 11.6 Å². The molecule has 7 nitrogen and oxygen atoms in total. The third-order valence-corrected chi connectivity index (χ3v) is 3.24. The van der Waals surface area contributed by atoms with Crippen LogP contribution in [0.3, 0.4) is 0 Å². The SMILES string of the molecule is CCN(C(=O)c1cc([N+](=O)[O-])ccc1N)C(C)CN(C)C. The van der Waals surface area contributed by atoms with Crippen molar-refractivity contribution in [1.29, 1.82) is 0 Å². The Hall–Kier alpha value is -2.15. The van der Waals surface area contributed by atoms with Gasteiger partial charge in [0.15, 0.2) is 0 Å². The molecule has 7 heteroatoms. The monoisotopic (exact) mass is 294 g/mol. The first-order chi connectivity index (χ1) is 9.77. The zero-order valence-corrected chi connectivity index (χ0v) is 12.9. The maximum absolute atomic E-state index is 12.6. The van der Waals surface area contributed by atoms with Gasteiger partial charge in [-0.05, 0) is 34.0 Å². The van der Waals surface area contributed by atoms with Crippen LogP contribution in [0.25, 0.3) is 0 Å². The van der Waals surface area contributed by atoms with Crippen molar-refractivity contribution in [2.24, 2.45) is 0 Å². The summed E-state index contributed by atoms with van der Waals surface area (Å²) >= 11 is 0. The molecule has 0 aromatic heterocycles. The van der Waals surface area contributed by atoms with E-state index in [1.54, 1.807) is 4.90 Å². The summed E-state index contributed by atoms with van der Waals surface area (Å²) in [6.07, 6.45) is 0. The average Bonchev–Trinajstić information content (AvgIpc) is 2.38. The molecule has 0 radical (unpaired) electrons. The second-order valence-corrected chi connectivity index (χ2v) is 5.23. The van der Waals surface area contributed by atoms with Crippen LogP contribution in [-0.4, -0.2) is 53.9 Å². The number of likely N-dealkylation sites (N-methyl/N-ethyl adjacent to an activating group) is 2. The van der Waals surface area contributed by atoms with Gasteiger partial charge in [-0.2, -0.15) is 0 Å². The van der Waals surface area contributed by atoms with Crippen LogP contribution in [0.1, 0.15) is 24.2 Å². The number of carbonyl (C=O) groups excluding carboxylic acids is 1. The highest BCUT2D eigenvalue weighted by Gasteiger charge is 2.24. The minimum Gasteiger partial charge on any atom is -0.398 e. The first-order valence-corrected chi connectivity index (χ1v) is 6.77. The highest BCUT2D eigenvalue weighted by molar-refractivity contribution is 6.00. The Morgan fingerprint density at radius 2 is 2.05 bits per heavy atom. The number of nitrogens with two attached hydrogens (primary N) is 1. The van der Waals surface area contributed by atoms with E-state index >= 15 is 0 Å². The number of hydrogen-bond donors (Lipinski definition) is 1. The summed E-state index contributed by atoms with van der Waals surface area (Å²) in [5.41, 5.74) is 6.10. The fourth-order valence-electron chi connectivity index (χ4n) is 2.28. The van der Waals surface area contributed by atoms with Gasteiger partial charge < -0.3 is 15.5 Å². The van der Waals surface area contributed by atoms with Gasteiger partial charge in [-0.3, -0.25) is 14.9 Å². The maximum atomic E-state index is 12.6. The van der Waals surface area contributed by atoms with Crippen molar-refractivity contribution >= 4 is 17.3 Å². The van der Waals surface area contributed by atoms with Gasteiger partial charge in [-0.25, -0.2) is 0 Å². The number of hydrogen-bond acceptors (Lipinski definition) is 5. The molecule has 0 heterocycles. The van der Waals surface area contributed by atoms with E-state index in [4.69, 9.17) is 5.73 Å². The minimum absolute atomic E-state index is 0.0174. The van der Waals surface area contributed by atoms with Crippen LogP contribution in [0.5, 0.6) is 0 Å². The fourth-order valence-corrected chi connectivity index (χ4v) is 2.28. The summed E-state index contributed by atoms with van der Waals surface area (Å²) in [5.74, 6) is -0.284. The number of anilines is 1. The van der Waals surface area contributed by atoms with E-state index in [9.17, 15) is 14.9 Å². The van der Waals surface area contributed by atoms with Gasteiger partial charge >= 0.3 is 0 Å². The number of benzene rings is 1. The number of nitrogen functional groups attached to an aromatic ring is 1. The molecule has 0 aliphatic carbocycles. The maximum Gasteiger partial charge on any atom is 0.270 e. The second kappa shape index (κ2) is 7.03. The third-order valence-electron chi connectivity index (χ3n) is 3.24. The molecule has 0 fully saturated rings. The Kier molecular flexibility index (Phi) is 5.66. The summed E-state index contributed by atoms with van der Waals surface area (Å²) in [6, 6.07) is 3.92. The predicted octanol–water partition coefficient (Wildman–Crippen LogP) is 1.59. The lowest BCUT2D eigenvalue weighted by Gasteiger charge is -2.30. The van der Waals surface area contributed by atoms with Gasteiger partial charge in [0.05, 0.1) is 10.5 Å². The molecule has 1 atom stereocenters. The number of non-ortho nitro benzene ring substituents is 1. The van der Waals surface area contributed by atoms with E-state index in [1.807, 2.05) is 32.8 Å². The second-order valence-electron chi connectivity index (χ2n) is 5.23. The normalized spacial score (nSPS) is 12.2. The number of rotatable bonds is 6. The topological polar surface area (TPSA) is 92.7 Å². The van der Waals surface area contributed by atoms with Crippen LogP contribution >= 0.6 is 0 Å². The Morgan fingerprint density at radius 1 is 1.43 bits per heavy atom. The predicted molar refractivity (Wildman–Crippen MR) is 82.2 cm³/mol. The van der Waals surface area contributed by atoms with Crippen molar-refractivity contribution in [2.45, 2.75) is 19.9 Å². The van der Waals surface area contributed by atoms with Gasteiger partial charge in [-0.15, -0.1) is 0 Å². The van der Waals surface area contributed by atoms with Crippen molar-refractivity contribution in [2.75, 3.05) is 32.9 Å². The molecule has 1 aromatic rings. The van der Waals surface area contributed by atoms with E-state index in [0.29, 0.717) is 13.1 Å². The Balaban J connectivity index is 3.10. The molecule has 1 rings (SSSR count). The Morgan fingerprint density at radius 3 is 2.52 bits per heavy atom. The molecule has 0 aliphatic heterocycles. The summed E-state index contributed by atoms with van der Waals surface area (Å²) in [4.78, 5) is 26.6. The van der Waals surface area contributed by atoms with Crippen LogP contribution in [0.4, 0.5) is 11.4 Å². The number of nitrogens with zero attached hydrogens (tertiary/aromatic N) is 3. The van der Waals surface area contributed by atoms with Crippen molar-refractivity contribution in [3.63, 3.8) is 0 Å². The first-order valence-electron chi connectivity index (χ1n) is 6.77. The molecule has 0 saturated carbocycles. The lowest BCUT2D eigenvalue weighted by Crippen LogP contribution is -2.43. The van der Waals surface area contributed by atoms with E-state index in [1.165, 1.54) is 18.2 Å². The van der Waals surface area contributed by atoms with Crippen molar-refractivity contribution in [3.05, 3.63) is 33.9 Å². The third kappa shape index (κ3) is 4.16. The Labute approximate surface area is 124 Å². The molecular weight excluding hydrogens is 272 g/mol. The average molecular weight is 294 g/mol. The summed E-state index contributed by atoms with van der Waals surface area (Å²) < 4.78 is 0. The van der Waals surface area contributed by atoms with Crippen LogP contribution in [0.15, 0.2) is 18.2 Å². The zero-order chi connectivity index (χ0) is 16.2. The highest BCUT2D eigenvalue weighted by Crippen LogP contribution is 2.22. The standard InChI is InChI=1S/C14H22N4O3/c1-5-17(10(2)9-16(3)4)14(19)12-8-11(18(20)21)6-7-13(12)15/h6-8,10H,5,9,15H2,1-4H3. The van der Waals surface area contributed by atoms with Gasteiger partial charge in [0.1, 0.15) is 0 Å². The van der Waals surface area contributed by atoms with E-state index in [2.05, 4.69) is 0 Å². The molecule has 0 bridgehead atoms. The zero-order valence-electron chi connectivity index (χ0n) is 12.9. The summed E-state index contributed by atoms with van der Waals surface area (Å²) in [6.45, 7) is 5.02. The summed E-state index contributed by atoms with van der Waals surface area (Å²) in [7, 11) is 3.85. The molecule has 0 saturated heterocycles. The van der Waals surface area contributed by atoms with Crippen LogP contribution < -0.4 is 5.73 Å².